The largest absolute Gasteiger partial charge is 0.355 e. The van der Waals surface area contributed by atoms with E-state index in [4.69, 9.17) is 0 Å². The lowest BCUT2D eigenvalue weighted by Gasteiger charge is -2.13. The van der Waals surface area contributed by atoms with Crippen molar-refractivity contribution in [2.45, 2.75) is 33.6 Å². The molecule has 7 heteroatoms. The highest BCUT2D eigenvalue weighted by atomic mass is 32.2. The van der Waals surface area contributed by atoms with Crippen molar-refractivity contribution >= 4 is 21.5 Å². The molecule has 0 saturated heterocycles. The second-order valence-electron chi connectivity index (χ2n) is 7.76. The molecule has 0 saturated carbocycles. The Balaban J connectivity index is 1.91. The van der Waals surface area contributed by atoms with Gasteiger partial charge in [0, 0.05) is 17.2 Å². The van der Waals surface area contributed by atoms with Crippen LogP contribution in [0, 0.1) is 26.6 Å². The molecule has 0 aliphatic rings. The van der Waals surface area contributed by atoms with Crippen LogP contribution in [-0.2, 0) is 10.0 Å². The first-order valence-corrected chi connectivity index (χ1v) is 11.4. The predicted octanol–water partition coefficient (Wildman–Crippen LogP) is 4.83. The number of carbonyl (C=O) groups is 1. The van der Waals surface area contributed by atoms with E-state index < -0.39 is 15.8 Å². The molecule has 0 fully saturated rings. The standard InChI is InChI=1S/C23H25FN2O3S/c1-13-6-8-18(14(2)10-13)23(27)22-15(3)11-21(25-22)16(4)19-9-7-17(12-20(19)24)26-30(5,28)29/h6-12,16,25-26H,1-5H3. The summed E-state index contributed by atoms with van der Waals surface area (Å²) in [4.78, 5) is 16.2. The topological polar surface area (TPSA) is 79.0 Å². The number of anilines is 1. The smallest absolute Gasteiger partial charge is 0.229 e. The molecule has 0 radical (unpaired) electrons. The second kappa shape index (κ2) is 8.07. The molecule has 2 N–H and O–H groups in total. The molecule has 0 amide bonds. The number of rotatable bonds is 6. The Kier molecular flexibility index (Phi) is 5.85. The van der Waals surface area contributed by atoms with E-state index in [1.54, 1.807) is 6.07 Å². The van der Waals surface area contributed by atoms with Gasteiger partial charge >= 0.3 is 0 Å². The summed E-state index contributed by atoms with van der Waals surface area (Å²) in [7, 11) is -3.48. The van der Waals surface area contributed by atoms with Gasteiger partial charge in [0.15, 0.2) is 0 Å². The maximum Gasteiger partial charge on any atom is 0.229 e. The van der Waals surface area contributed by atoms with E-state index in [9.17, 15) is 17.6 Å². The first-order chi connectivity index (χ1) is 14.0. The molecule has 0 bridgehead atoms. The molecule has 3 aromatic rings. The number of aromatic nitrogens is 1. The van der Waals surface area contributed by atoms with Gasteiger partial charge in [-0.2, -0.15) is 0 Å². The number of sulfonamides is 1. The van der Waals surface area contributed by atoms with Crippen molar-refractivity contribution in [3.8, 4) is 0 Å². The second-order valence-corrected chi connectivity index (χ2v) is 9.51. The number of aryl methyl sites for hydroxylation is 3. The number of halogens is 1. The molecular formula is C23H25FN2O3S. The molecule has 0 aliphatic carbocycles. The Morgan fingerprint density at radius 1 is 1.03 bits per heavy atom. The molecule has 0 aliphatic heterocycles. The number of aromatic amines is 1. The van der Waals surface area contributed by atoms with Gasteiger partial charge in [0.2, 0.25) is 15.8 Å². The number of hydrogen-bond acceptors (Lipinski definition) is 3. The van der Waals surface area contributed by atoms with Gasteiger partial charge in [-0.25, -0.2) is 12.8 Å². The SMILES string of the molecule is Cc1ccc(C(=O)c2[nH]c(C(C)c3ccc(NS(C)(=O)=O)cc3F)cc2C)c(C)c1. The number of carbonyl (C=O) groups excluding carboxylic acids is 1. The van der Waals surface area contributed by atoms with E-state index in [1.807, 2.05) is 52.0 Å². The molecule has 1 aromatic heterocycles. The average Bonchev–Trinajstić information content (AvgIpc) is 3.01. The molecule has 1 atom stereocenters. The van der Waals surface area contributed by atoms with Crippen molar-refractivity contribution in [2.24, 2.45) is 0 Å². The molecule has 5 nitrogen and oxygen atoms in total. The van der Waals surface area contributed by atoms with Crippen LogP contribution in [0.4, 0.5) is 10.1 Å². The Morgan fingerprint density at radius 3 is 2.33 bits per heavy atom. The lowest BCUT2D eigenvalue weighted by molar-refractivity contribution is 0.103. The van der Waals surface area contributed by atoms with E-state index >= 15 is 0 Å². The average molecular weight is 429 g/mol. The van der Waals surface area contributed by atoms with E-state index in [2.05, 4.69) is 9.71 Å². The highest BCUT2D eigenvalue weighted by Gasteiger charge is 2.21. The number of ketones is 1. The zero-order chi connectivity index (χ0) is 22.2. The van der Waals surface area contributed by atoms with Crippen LogP contribution in [0.1, 0.15) is 56.8 Å². The van der Waals surface area contributed by atoms with Crippen LogP contribution in [0.5, 0.6) is 0 Å². The zero-order valence-corrected chi connectivity index (χ0v) is 18.4. The summed E-state index contributed by atoms with van der Waals surface area (Å²) < 4.78 is 39.6. The van der Waals surface area contributed by atoms with Crippen LogP contribution < -0.4 is 4.72 Å². The van der Waals surface area contributed by atoms with Crippen LogP contribution in [0.15, 0.2) is 42.5 Å². The van der Waals surface area contributed by atoms with Crippen molar-refractivity contribution in [1.82, 2.24) is 4.98 Å². The van der Waals surface area contributed by atoms with Gasteiger partial charge in [-0.15, -0.1) is 0 Å². The molecule has 1 unspecified atom stereocenters. The third-order valence-corrected chi connectivity index (χ3v) is 5.73. The molecule has 1 heterocycles. The quantitative estimate of drug-likeness (QED) is 0.552. The minimum atomic E-state index is -3.48. The van der Waals surface area contributed by atoms with Crippen molar-refractivity contribution < 1.29 is 17.6 Å². The van der Waals surface area contributed by atoms with Gasteiger partial charge in [-0.05, 0) is 55.7 Å². The van der Waals surface area contributed by atoms with Crippen molar-refractivity contribution in [1.29, 1.82) is 0 Å². The van der Waals surface area contributed by atoms with Crippen LogP contribution in [0.25, 0.3) is 0 Å². The minimum absolute atomic E-state index is 0.100. The van der Waals surface area contributed by atoms with E-state index in [0.717, 1.165) is 29.0 Å². The molecule has 158 valence electrons. The van der Waals surface area contributed by atoms with E-state index in [0.29, 0.717) is 22.5 Å². The maximum absolute atomic E-state index is 14.7. The first-order valence-electron chi connectivity index (χ1n) is 9.55. The van der Waals surface area contributed by atoms with Crippen LogP contribution in [0.3, 0.4) is 0 Å². The molecule has 3 rings (SSSR count). The summed E-state index contributed by atoms with van der Waals surface area (Å²) in [5.41, 5.74) is 5.18. The van der Waals surface area contributed by atoms with Gasteiger partial charge in [0.25, 0.3) is 0 Å². The Morgan fingerprint density at radius 2 is 1.73 bits per heavy atom. The Labute approximate surface area is 176 Å². The molecule has 30 heavy (non-hydrogen) atoms. The summed E-state index contributed by atoms with van der Waals surface area (Å²) in [6, 6.07) is 11.8. The fourth-order valence-electron chi connectivity index (χ4n) is 3.58. The first kappa shape index (κ1) is 21.8. The lowest BCUT2D eigenvalue weighted by Crippen LogP contribution is -2.10. The van der Waals surface area contributed by atoms with Crippen LogP contribution >= 0.6 is 0 Å². The molecule has 0 spiro atoms. The van der Waals surface area contributed by atoms with E-state index in [1.165, 1.54) is 6.07 Å². The van der Waals surface area contributed by atoms with Crippen LogP contribution in [-0.4, -0.2) is 25.4 Å². The van der Waals surface area contributed by atoms with Crippen molar-refractivity contribution in [3.63, 3.8) is 0 Å². The normalized spacial score (nSPS) is 12.6. The number of hydrogen-bond donors (Lipinski definition) is 2. The lowest BCUT2D eigenvalue weighted by atomic mass is 9.97. The molecule has 2 aromatic carbocycles. The summed E-state index contributed by atoms with van der Waals surface area (Å²) in [5, 5.41) is 0. The van der Waals surface area contributed by atoms with E-state index in [-0.39, 0.29) is 17.4 Å². The number of nitrogens with one attached hydrogen (secondary N) is 2. The number of benzene rings is 2. The van der Waals surface area contributed by atoms with Crippen molar-refractivity contribution in [2.75, 3.05) is 11.0 Å². The van der Waals surface area contributed by atoms with Crippen LogP contribution in [0.2, 0.25) is 0 Å². The molecular weight excluding hydrogens is 403 g/mol. The summed E-state index contributed by atoms with van der Waals surface area (Å²) in [5.74, 6) is -0.973. The highest BCUT2D eigenvalue weighted by Crippen LogP contribution is 2.30. The third kappa shape index (κ3) is 4.62. The monoisotopic (exact) mass is 428 g/mol. The fourth-order valence-corrected chi connectivity index (χ4v) is 4.14. The van der Waals surface area contributed by atoms with Gasteiger partial charge in [0.05, 0.1) is 17.6 Å². The Bertz CT molecular complexity index is 1230. The minimum Gasteiger partial charge on any atom is -0.355 e. The van der Waals surface area contributed by atoms with Gasteiger partial charge < -0.3 is 4.98 Å². The third-order valence-electron chi connectivity index (χ3n) is 5.13. The summed E-state index contributed by atoms with van der Waals surface area (Å²) >= 11 is 0. The fraction of sp³-hybridized carbons (Fsp3) is 0.261. The summed E-state index contributed by atoms with van der Waals surface area (Å²) in [6.07, 6.45) is 1.01. The highest BCUT2D eigenvalue weighted by molar-refractivity contribution is 7.92. The van der Waals surface area contributed by atoms with Crippen molar-refractivity contribution in [3.05, 3.63) is 87.5 Å². The predicted molar refractivity (Wildman–Crippen MR) is 117 cm³/mol. The van der Waals surface area contributed by atoms with Gasteiger partial charge in [0.1, 0.15) is 5.82 Å². The summed E-state index contributed by atoms with van der Waals surface area (Å²) in [6.45, 7) is 7.56. The zero-order valence-electron chi connectivity index (χ0n) is 17.6. The van der Waals surface area contributed by atoms with Gasteiger partial charge in [-0.1, -0.05) is 36.8 Å². The maximum atomic E-state index is 14.7. The number of H-pyrrole nitrogens is 1. The Hall–Kier alpha value is -2.93. The van der Waals surface area contributed by atoms with Gasteiger partial charge in [-0.3, -0.25) is 9.52 Å².